The quantitative estimate of drug-likeness (QED) is 0.413. The zero-order chi connectivity index (χ0) is 17.1. The van der Waals surface area contributed by atoms with Gasteiger partial charge in [-0.15, -0.1) is 11.3 Å². The van der Waals surface area contributed by atoms with Gasteiger partial charge in [0.1, 0.15) is 11.8 Å². The maximum absolute atomic E-state index is 5.81. The van der Waals surface area contributed by atoms with E-state index >= 15 is 0 Å². The van der Waals surface area contributed by atoms with Gasteiger partial charge in [-0.05, 0) is 6.42 Å². The van der Waals surface area contributed by atoms with Crippen LogP contribution in [0.4, 0.5) is 5.82 Å². The number of nitrogens with two attached hydrogens (primary N) is 1. The number of aryl methyl sites for hydroxylation is 1. The molecule has 0 bridgehead atoms. The summed E-state index contributed by atoms with van der Waals surface area (Å²) >= 11 is 3.47. The molecule has 0 amide bonds. The molecule has 1 aromatic carbocycles. The second kappa shape index (κ2) is 7.20. The smallest absolute Gasteiger partial charge is 0.165 e. The Morgan fingerprint density at radius 2 is 2.00 bits per heavy atom. The highest BCUT2D eigenvalue weighted by Crippen LogP contribution is 2.28. The molecule has 25 heavy (non-hydrogen) atoms. The number of aromatic nitrogens is 5. The van der Waals surface area contributed by atoms with Crippen LogP contribution in [0.2, 0.25) is 0 Å². The van der Waals surface area contributed by atoms with E-state index in [1.54, 1.807) is 29.4 Å². The lowest BCUT2D eigenvalue weighted by Crippen LogP contribution is -2.00. The molecular formula is C17H16N6S2. The summed E-state index contributed by atoms with van der Waals surface area (Å²) in [5, 5.41) is 2.11. The average Bonchev–Trinajstić information content (AvgIpc) is 3.28. The predicted octanol–water partition coefficient (Wildman–Crippen LogP) is 3.71. The van der Waals surface area contributed by atoms with Crippen LogP contribution >= 0.6 is 23.1 Å². The molecule has 0 fully saturated rings. The van der Waals surface area contributed by atoms with Crippen molar-refractivity contribution in [1.29, 1.82) is 0 Å². The second-order valence-electron chi connectivity index (χ2n) is 5.44. The first-order valence-corrected chi connectivity index (χ1v) is 9.73. The van der Waals surface area contributed by atoms with Crippen molar-refractivity contribution in [2.24, 2.45) is 0 Å². The molecule has 0 spiro atoms. The Morgan fingerprint density at radius 3 is 2.88 bits per heavy atom. The van der Waals surface area contributed by atoms with Crippen LogP contribution in [0.5, 0.6) is 0 Å². The number of thioether (sulfide) groups is 1. The zero-order valence-electron chi connectivity index (χ0n) is 13.4. The number of thiazole rings is 1. The molecule has 6 nitrogen and oxygen atoms in total. The van der Waals surface area contributed by atoms with E-state index in [1.165, 1.54) is 6.33 Å². The van der Waals surface area contributed by atoms with Gasteiger partial charge in [0, 0.05) is 23.2 Å². The van der Waals surface area contributed by atoms with Gasteiger partial charge < -0.3 is 10.3 Å². The topological polar surface area (TPSA) is 82.5 Å². The molecule has 0 aliphatic carbocycles. The van der Waals surface area contributed by atoms with Crippen molar-refractivity contribution < 1.29 is 0 Å². The Hall–Kier alpha value is -2.45. The van der Waals surface area contributed by atoms with Crippen molar-refractivity contribution >= 4 is 40.1 Å². The van der Waals surface area contributed by atoms with Crippen molar-refractivity contribution in [2.75, 3.05) is 11.5 Å². The molecule has 3 aromatic heterocycles. The van der Waals surface area contributed by atoms with Gasteiger partial charge in [-0.2, -0.15) is 0 Å². The molecule has 4 rings (SSSR count). The van der Waals surface area contributed by atoms with Crippen molar-refractivity contribution in [3.8, 4) is 11.3 Å². The van der Waals surface area contributed by atoms with Gasteiger partial charge in [-0.25, -0.2) is 19.9 Å². The summed E-state index contributed by atoms with van der Waals surface area (Å²) in [4.78, 5) is 17.2. The third-order valence-electron chi connectivity index (χ3n) is 3.75. The first kappa shape index (κ1) is 16.0. The highest BCUT2D eigenvalue weighted by Gasteiger charge is 2.08. The Labute approximate surface area is 153 Å². The van der Waals surface area contributed by atoms with Gasteiger partial charge in [0.2, 0.25) is 0 Å². The summed E-state index contributed by atoms with van der Waals surface area (Å²) in [7, 11) is 0. The maximum Gasteiger partial charge on any atom is 0.165 e. The molecule has 4 aromatic rings. The van der Waals surface area contributed by atoms with E-state index in [-0.39, 0.29) is 0 Å². The molecule has 0 saturated carbocycles. The van der Waals surface area contributed by atoms with E-state index in [0.717, 1.165) is 40.0 Å². The van der Waals surface area contributed by atoms with Crippen molar-refractivity contribution in [1.82, 2.24) is 24.5 Å². The van der Waals surface area contributed by atoms with Gasteiger partial charge >= 0.3 is 0 Å². The monoisotopic (exact) mass is 368 g/mol. The number of nitrogen functional groups attached to an aromatic ring is 1. The molecule has 2 N–H and O–H groups in total. The van der Waals surface area contributed by atoms with Crippen LogP contribution in [0.3, 0.4) is 0 Å². The zero-order valence-corrected chi connectivity index (χ0v) is 15.0. The third-order valence-corrected chi connectivity index (χ3v) is 5.86. The molecule has 126 valence electrons. The summed E-state index contributed by atoms with van der Waals surface area (Å²) in [5.74, 6) is 1.41. The third kappa shape index (κ3) is 3.49. The van der Waals surface area contributed by atoms with Gasteiger partial charge in [0.25, 0.3) is 0 Å². The number of nitrogens with zero attached hydrogens (tertiary/aromatic N) is 5. The highest BCUT2D eigenvalue weighted by atomic mass is 32.2. The summed E-state index contributed by atoms with van der Waals surface area (Å²) in [6, 6.07) is 10.3. The van der Waals surface area contributed by atoms with Crippen molar-refractivity contribution in [3.05, 3.63) is 48.4 Å². The van der Waals surface area contributed by atoms with Gasteiger partial charge in [0.15, 0.2) is 15.8 Å². The molecule has 0 aliphatic rings. The van der Waals surface area contributed by atoms with E-state index in [4.69, 9.17) is 10.7 Å². The van der Waals surface area contributed by atoms with Crippen LogP contribution in [-0.2, 0) is 6.54 Å². The fourth-order valence-corrected chi connectivity index (χ4v) is 4.35. The number of fused-ring (bicyclic) bond motifs is 1. The van der Waals surface area contributed by atoms with Crippen LogP contribution in [0.15, 0.2) is 52.7 Å². The fourth-order valence-electron chi connectivity index (χ4n) is 2.52. The lowest BCUT2D eigenvalue weighted by molar-refractivity contribution is 0.696. The maximum atomic E-state index is 5.81. The van der Waals surface area contributed by atoms with E-state index in [9.17, 15) is 0 Å². The number of rotatable bonds is 6. The summed E-state index contributed by atoms with van der Waals surface area (Å²) < 4.78 is 3.12. The Bertz CT molecular complexity index is 979. The number of imidazole rings is 1. The second-order valence-corrected chi connectivity index (χ2v) is 7.64. The number of hydrogen-bond donors (Lipinski definition) is 1. The minimum absolute atomic E-state index is 0.425. The minimum Gasteiger partial charge on any atom is -0.382 e. The molecule has 0 saturated heterocycles. The van der Waals surface area contributed by atoms with Gasteiger partial charge in [-0.3, -0.25) is 0 Å². The van der Waals surface area contributed by atoms with E-state index < -0.39 is 0 Å². The first-order chi connectivity index (χ1) is 12.3. The lowest BCUT2D eigenvalue weighted by atomic mass is 10.2. The number of hydrogen-bond acceptors (Lipinski definition) is 7. The Morgan fingerprint density at radius 1 is 1.12 bits per heavy atom. The standard InChI is InChI=1S/C17H16N6S2/c18-15-14-16(20-10-19-15)23(11-21-14)7-4-8-24-17-22-13(9-25-17)12-5-2-1-3-6-12/h1-3,5-6,9-11H,4,7-8H2,(H2,18,19,20). The summed E-state index contributed by atoms with van der Waals surface area (Å²) in [6.07, 6.45) is 4.25. The molecule has 8 heteroatoms. The number of anilines is 1. The summed E-state index contributed by atoms with van der Waals surface area (Å²) in [6.45, 7) is 0.844. The van der Waals surface area contributed by atoms with Gasteiger partial charge in [0.05, 0.1) is 12.0 Å². The van der Waals surface area contributed by atoms with Crippen LogP contribution in [0.1, 0.15) is 6.42 Å². The fraction of sp³-hybridized carbons (Fsp3) is 0.176. The predicted molar refractivity (Wildman–Crippen MR) is 103 cm³/mol. The Kier molecular flexibility index (Phi) is 4.62. The first-order valence-electron chi connectivity index (χ1n) is 7.86. The lowest BCUT2D eigenvalue weighted by Gasteiger charge is -2.03. The largest absolute Gasteiger partial charge is 0.382 e. The average molecular weight is 368 g/mol. The molecule has 3 heterocycles. The van der Waals surface area contributed by atoms with Gasteiger partial charge in [-0.1, -0.05) is 42.1 Å². The van der Waals surface area contributed by atoms with Crippen LogP contribution in [-0.4, -0.2) is 30.3 Å². The summed E-state index contributed by atoms with van der Waals surface area (Å²) in [5.41, 5.74) is 9.47. The highest BCUT2D eigenvalue weighted by molar-refractivity contribution is 8.01. The number of benzene rings is 1. The van der Waals surface area contributed by atoms with Crippen LogP contribution in [0.25, 0.3) is 22.4 Å². The minimum atomic E-state index is 0.425. The molecular weight excluding hydrogens is 352 g/mol. The Balaban J connectivity index is 1.34. The van der Waals surface area contributed by atoms with E-state index in [0.29, 0.717) is 11.3 Å². The molecule has 0 radical (unpaired) electrons. The van der Waals surface area contributed by atoms with E-state index in [1.807, 2.05) is 22.8 Å². The van der Waals surface area contributed by atoms with Crippen LogP contribution in [0, 0.1) is 0 Å². The van der Waals surface area contributed by atoms with Crippen molar-refractivity contribution in [3.63, 3.8) is 0 Å². The van der Waals surface area contributed by atoms with Crippen molar-refractivity contribution in [2.45, 2.75) is 17.3 Å². The normalized spacial score (nSPS) is 11.2. The molecule has 0 atom stereocenters. The SMILES string of the molecule is Nc1ncnc2c1ncn2CCCSc1nc(-c2ccccc2)cs1. The molecule has 0 unspecified atom stereocenters. The molecule has 0 aliphatic heterocycles. The van der Waals surface area contributed by atoms with Crippen LogP contribution < -0.4 is 5.73 Å². The van der Waals surface area contributed by atoms with E-state index in [2.05, 4.69) is 32.5 Å².